The molecule has 6 heteroatoms. The van der Waals surface area contributed by atoms with E-state index in [-0.39, 0.29) is 12.6 Å². The van der Waals surface area contributed by atoms with Crippen molar-refractivity contribution in [3.63, 3.8) is 0 Å². The second-order valence-corrected chi connectivity index (χ2v) is 6.01. The van der Waals surface area contributed by atoms with E-state index in [1.54, 1.807) is 7.11 Å². The van der Waals surface area contributed by atoms with Crippen LogP contribution in [-0.4, -0.2) is 31.4 Å². The number of fused-ring (bicyclic) bond motifs is 1. The quantitative estimate of drug-likeness (QED) is 0.778. The van der Waals surface area contributed by atoms with Crippen LogP contribution in [0.2, 0.25) is 0 Å². The van der Waals surface area contributed by atoms with E-state index in [4.69, 9.17) is 9.47 Å². The van der Waals surface area contributed by atoms with Crippen molar-refractivity contribution >= 4 is 6.03 Å². The number of carbonyl (C=O) groups excluding carboxylic acids is 1. The molecule has 1 heterocycles. The van der Waals surface area contributed by atoms with E-state index in [2.05, 4.69) is 10.6 Å². The third-order valence-electron chi connectivity index (χ3n) is 4.32. The minimum atomic E-state index is -1.12. The third-order valence-corrected chi connectivity index (χ3v) is 4.32. The molecular weight excluding hydrogens is 320 g/mol. The number of aliphatic hydroxyl groups is 1. The zero-order valence-electron chi connectivity index (χ0n) is 14.1. The first-order chi connectivity index (χ1) is 12.1. The Balaban J connectivity index is 1.53. The van der Waals surface area contributed by atoms with Gasteiger partial charge in [-0.1, -0.05) is 30.3 Å². The maximum Gasteiger partial charge on any atom is 0.315 e. The molecule has 6 nitrogen and oxygen atoms in total. The van der Waals surface area contributed by atoms with Crippen molar-refractivity contribution in [2.45, 2.75) is 18.6 Å². The minimum Gasteiger partial charge on any atom is -0.497 e. The molecule has 3 rings (SSSR count). The SMILES string of the molecule is COc1ccc(CNC(=O)NCC2(O)CCOc3ccccc32)cc1. The van der Waals surface area contributed by atoms with E-state index in [0.717, 1.165) is 11.3 Å². The van der Waals surface area contributed by atoms with Crippen LogP contribution in [-0.2, 0) is 12.1 Å². The smallest absolute Gasteiger partial charge is 0.315 e. The van der Waals surface area contributed by atoms with Gasteiger partial charge in [0.1, 0.15) is 17.1 Å². The highest BCUT2D eigenvalue weighted by Crippen LogP contribution is 2.36. The Morgan fingerprint density at radius 1 is 1.20 bits per heavy atom. The molecule has 0 saturated carbocycles. The standard InChI is InChI=1S/C19H22N2O4/c1-24-15-8-6-14(7-9-15)12-20-18(22)21-13-19(23)10-11-25-17-5-3-2-4-16(17)19/h2-9,23H,10-13H2,1H3,(H2,20,21,22). The zero-order valence-corrected chi connectivity index (χ0v) is 14.1. The number of para-hydroxylation sites is 1. The summed E-state index contributed by atoms with van der Waals surface area (Å²) in [7, 11) is 1.61. The van der Waals surface area contributed by atoms with Crippen LogP contribution >= 0.6 is 0 Å². The molecule has 1 atom stereocenters. The van der Waals surface area contributed by atoms with Crippen molar-refractivity contribution in [1.82, 2.24) is 10.6 Å². The average Bonchev–Trinajstić information content (AvgIpc) is 2.66. The number of ether oxygens (including phenoxy) is 2. The number of carbonyl (C=O) groups is 1. The van der Waals surface area contributed by atoms with Gasteiger partial charge in [0.05, 0.1) is 20.3 Å². The first kappa shape index (κ1) is 17.1. The van der Waals surface area contributed by atoms with Gasteiger partial charge in [0.15, 0.2) is 0 Å². The van der Waals surface area contributed by atoms with Crippen LogP contribution in [0.3, 0.4) is 0 Å². The molecular formula is C19H22N2O4. The van der Waals surface area contributed by atoms with Crippen molar-refractivity contribution in [3.8, 4) is 11.5 Å². The minimum absolute atomic E-state index is 0.127. The van der Waals surface area contributed by atoms with Crippen LogP contribution < -0.4 is 20.1 Å². The lowest BCUT2D eigenvalue weighted by molar-refractivity contribution is 0.0000628. The van der Waals surface area contributed by atoms with E-state index in [1.807, 2.05) is 48.5 Å². The highest BCUT2D eigenvalue weighted by atomic mass is 16.5. The number of nitrogens with one attached hydrogen (secondary N) is 2. The summed E-state index contributed by atoms with van der Waals surface area (Å²) in [4.78, 5) is 12.0. The Bertz CT molecular complexity index is 732. The number of hydrogen-bond acceptors (Lipinski definition) is 4. The van der Waals surface area contributed by atoms with Gasteiger partial charge >= 0.3 is 6.03 Å². The van der Waals surface area contributed by atoms with Gasteiger partial charge in [0.2, 0.25) is 0 Å². The summed E-state index contributed by atoms with van der Waals surface area (Å²) < 4.78 is 10.7. The first-order valence-corrected chi connectivity index (χ1v) is 8.20. The van der Waals surface area contributed by atoms with Gasteiger partial charge in [-0.25, -0.2) is 4.79 Å². The summed E-state index contributed by atoms with van der Waals surface area (Å²) in [5.74, 6) is 1.44. The largest absolute Gasteiger partial charge is 0.497 e. The molecule has 3 N–H and O–H groups in total. The first-order valence-electron chi connectivity index (χ1n) is 8.20. The average molecular weight is 342 g/mol. The number of amides is 2. The molecule has 25 heavy (non-hydrogen) atoms. The third kappa shape index (κ3) is 4.03. The van der Waals surface area contributed by atoms with Crippen molar-refractivity contribution in [2.24, 2.45) is 0 Å². The van der Waals surface area contributed by atoms with E-state index < -0.39 is 5.60 Å². The zero-order chi connectivity index (χ0) is 17.7. The molecule has 1 unspecified atom stereocenters. The van der Waals surface area contributed by atoms with E-state index in [1.165, 1.54) is 0 Å². The molecule has 0 saturated heterocycles. The molecule has 0 radical (unpaired) electrons. The molecule has 132 valence electrons. The van der Waals surface area contributed by atoms with Crippen LogP contribution in [0, 0.1) is 0 Å². The predicted octanol–water partition coefficient (Wildman–Crippen LogP) is 2.16. The molecule has 2 amide bonds. The predicted molar refractivity (Wildman–Crippen MR) is 93.7 cm³/mol. The van der Waals surface area contributed by atoms with Gasteiger partial charge < -0.3 is 25.2 Å². The number of rotatable bonds is 5. The lowest BCUT2D eigenvalue weighted by atomic mass is 9.88. The molecule has 1 aliphatic heterocycles. The van der Waals surface area contributed by atoms with Crippen LogP contribution in [0.4, 0.5) is 4.79 Å². The Morgan fingerprint density at radius 3 is 2.72 bits per heavy atom. The van der Waals surface area contributed by atoms with Crippen molar-refractivity contribution in [3.05, 3.63) is 59.7 Å². The second-order valence-electron chi connectivity index (χ2n) is 6.01. The molecule has 0 aliphatic carbocycles. The number of urea groups is 1. The fourth-order valence-corrected chi connectivity index (χ4v) is 2.84. The van der Waals surface area contributed by atoms with Gasteiger partial charge in [0.25, 0.3) is 0 Å². The summed E-state index contributed by atoms with van der Waals surface area (Å²) in [5.41, 5.74) is 0.550. The normalized spacial score (nSPS) is 18.6. The fraction of sp³-hybridized carbons (Fsp3) is 0.316. The monoisotopic (exact) mass is 342 g/mol. The lowest BCUT2D eigenvalue weighted by Crippen LogP contribution is -2.46. The molecule has 1 aliphatic rings. The van der Waals surface area contributed by atoms with Gasteiger partial charge in [-0.15, -0.1) is 0 Å². The summed E-state index contributed by atoms with van der Waals surface area (Å²) in [6.07, 6.45) is 0.433. The molecule has 0 aromatic heterocycles. The van der Waals surface area contributed by atoms with Crippen LogP contribution in [0.5, 0.6) is 11.5 Å². The summed E-state index contributed by atoms with van der Waals surface area (Å²) in [6, 6.07) is 14.5. The van der Waals surface area contributed by atoms with Gasteiger partial charge in [0, 0.05) is 18.5 Å². The highest BCUT2D eigenvalue weighted by molar-refractivity contribution is 5.74. The van der Waals surface area contributed by atoms with E-state index in [9.17, 15) is 9.90 Å². The highest BCUT2D eigenvalue weighted by Gasteiger charge is 2.35. The molecule has 2 aromatic rings. The second kappa shape index (κ2) is 7.44. The molecule has 2 aromatic carbocycles. The molecule has 0 spiro atoms. The number of hydrogen-bond donors (Lipinski definition) is 3. The van der Waals surface area contributed by atoms with Crippen LogP contribution in [0.1, 0.15) is 17.5 Å². The Labute approximate surface area is 146 Å². The maximum atomic E-state index is 12.0. The van der Waals surface area contributed by atoms with Crippen molar-refractivity contribution in [1.29, 1.82) is 0 Å². The van der Waals surface area contributed by atoms with Gasteiger partial charge in [-0.3, -0.25) is 0 Å². The summed E-state index contributed by atoms with van der Waals surface area (Å²) in [5, 5.41) is 16.4. The Kier molecular flexibility index (Phi) is 5.09. The summed E-state index contributed by atoms with van der Waals surface area (Å²) >= 11 is 0. The lowest BCUT2D eigenvalue weighted by Gasteiger charge is -2.34. The molecule has 0 bridgehead atoms. The fourth-order valence-electron chi connectivity index (χ4n) is 2.84. The number of methoxy groups -OCH3 is 1. The Hall–Kier alpha value is -2.73. The summed E-state index contributed by atoms with van der Waals surface area (Å²) in [6.45, 7) is 0.943. The Morgan fingerprint density at radius 2 is 1.96 bits per heavy atom. The number of benzene rings is 2. The van der Waals surface area contributed by atoms with Crippen molar-refractivity contribution < 1.29 is 19.4 Å². The van der Waals surface area contributed by atoms with E-state index >= 15 is 0 Å². The van der Waals surface area contributed by atoms with Crippen molar-refractivity contribution in [2.75, 3.05) is 20.3 Å². The van der Waals surface area contributed by atoms with Crippen LogP contribution in [0.15, 0.2) is 48.5 Å². The molecule has 0 fully saturated rings. The van der Waals surface area contributed by atoms with E-state index in [0.29, 0.717) is 30.9 Å². The maximum absolute atomic E-state index is 12.0. The van der Waals surface area contributed by atoms with Gasteiger partial charge in [-0.2, -0.15) is 0 Å². The topological polar surface area (TPSA) is 79.8 Å². The van der Waals surface area contributed by atoms with Crippen LogP contribution in [0.25, 0.3) is 0 Å². The van der Waals surface area contributed by atoms with Gasteiger partial charge in [-0.05, 0) is 23.8 Å².